The van der Waals surface area contributed by atoms with E-state index in [1.54, 1.807) is 7.11 Å². The summed E-state index contributed by atoms with van der Waals surface area (Å²) >= 11 is 0. The number of anilines is 1. The third kappa shape index (κ3) is 5.06. The molecule has 1 N–H and O–H groups in total. The van der Waals surface area contributed by atoms with Crippen molar-refractivity contribution in [3.8, 4) is 5.75 Å². The van der Waals surface area contributed by atoms with E-state index in [1.165, 1.54) is 10.5 Å². The van der Waals surface area contributed by atoms with Crippen LogP contribution < -0.4 is 19.6 Å². The average Bonchev–Trinajstić information content (AvgIpc) is 2.90. The number of methoxy groups -OCH3 is 1. The van der Waals surface area contributed by atoms with Crippen molar-refractivity contribution in [2.75, 3.05) is 31.6 Å². The minimum Gasteiger partial charge on any atom is -0.874 e. The minimum atomic E-state index is -0.590. The van der Waals surface area contributed by atoms with Gasteiger partial charge in [-0.05, 0) is 74.9 Å². The maximum absolute atomic E-state index is 13.0. The molecule has 2 aliphatic rings. The summed E-state index contributed by atoms with van der Waals surface area (Å²) in [6, 6.07) is 16.2. The molecule has 0 bridgehead atoms. The van der Waals surface area contributed by atoms with Crippen LogP contribution in [0.15, 0.2) is 78.6 Å². The molecule has 0 heterocycles. The molecule has 4 rings (SSSR count). The van der Waals surface area contributed by atoms with Crippen LogP contribution in [-0.4, -0.2) is 38.6 Å². The standard InChI is InChI=1S/C30H36N2O3/c1-5-31(6-2)24-14-10-22(11-15-24)27-29(33)28(30(27)34)23-12-16-25(17-13-23)32(7-3)20-21-8-18-26(35-4)19-9-21/h8-19,23,25,28,33H,5-7,20H2,1-4H3. The van der Waals surface area contributed by atoms with Gasteiger partial charge in [0, 0.05) is 41.7 Å². The second-order valence-corrected chi connectivity index (χ2v) is 9.21. The lowest BCUT2D eigenvalue weighted by atomic mass is 9.71. The summed E-state index contributed by atoms with van der Waals surface area (Å²) in [6.45, 7) is 10.1. The quantitative estimate of drug-likeness (QED) is 0.540. The van der Waals surface area contributed by atoms with Crippen LogP contribution in [-0.2, 0) is 11.3 Å². The van der Waals surface area contributed by atoms with Crippen LogP contribution in [0.25, 0.3) is 5.57 Å². The molecule has 2 atom stereocenters. The van der Waals surface area contributed by atoms with Crippen molar-refractivity contribution in [2.45, 2.75) is 33.4 Å². The highest BCUT2D eigenvalue weighted by atomic mass is 16.5. The van der Waals surface area contributed by atoms with Crippen LogP contribution in [0.4, 0.5) is 5.69 Å². The molecule has 2 aromatic rings. The summed E-state index contributed by atoms with van der Waals surface area (Å²) in [6.07, 6.45) is 8.42. The normalized spacial score (nSPS) is 22.2. The van der Waals surface area contributed by atoms with Crippen molar-refractivity contribution in [1.82, 2.24) is 0 Å². The van der Waals surface area contributed by atoms with Gasteiger partial charge in [0.05, 0.1) is 13.7 Å². The number of Topliss-reactive ketones (excluding diaryl/α,β-unsaturated/α-hetero) is 1. The highest BCUT2D eigenvalue weighted by Crippen LogP contribution is 2.41. The van der Waals surface area contributed by atoms with Crippen LogP contribution in [0.3, 0.4) is 0 Å². The topological polar surface area (TPSA) is 57.0 Å². The Morgan fingerprint density at radius 3 is 2.06 bits per heavy atom. The Morgan fingerprint density at radius 1 is 0.914 bits per heavy atom. The zero-order valence-electron chi connectivity index (χ0n) is 21.2. The molecule has 2 unspecified atom stereocenters. The van der Waals surface area contributed by atoms with Gasteiger partial charge in [0.1, 0.15) is 18.3 Å². The number of allylic oxidation sites excluding steroid dienone is 4. The summed E-state index contributed by atoms with van der Waals surface area (Å²) < 4.78 is 5.26. The summed E-state index contributed by atoms with van der Waals surface area (Å²) in [7, 11) is 1.67. The van der Waals surface area contributed by atoms with Gasteiger partial charge in [-0.25, -0.2) is 0 Å². The molecule has 0 aliphatic heterocycles. The van der Waals surface area contributed by atoms with Crippen molar-refractivity contribution in [3.05, 3.63) is 89.7 Å². The Hall–Kier alpha value is -3.31. The van der Waals surface area contributed by atoms with Gasteiger partial charge in [0.2, 0.25) is 0 Å². The Labute approximate surface area is 209 Å². The molecule has 35 heavy (non-hydrogen) atoms. The van der Waals surface area contributed by atoms with E-state index in [-0.39, 0.29) is 23.5 Å². The third-order valence-electron chi connectivity index (χ3n) is 7.32. The molecule has 0 saturated heterocycles. The molecule has 0 radical (unpaired) electrons. The first-order valence-corrected chi connectivity index (χ1v) is 12.7. The molecule has 2 aromatic carbocycles. The maximum atomic E-state index is 13.0. The van der Waals surface area contributed by atoms with Crippen LogP contribution in [0.1, 0.15) is 31.9 Å². The smallest absolute Gasteiger partial charge is 0.169 e. The van der Waals surface area contributed by atoms with Gasteiger partial charge in [0.25, 0.3) is 0 Å². The van der Waals surface area contributed by atoms with Crippen LogP contribution in [0, 0.1) is 11.8 Å². The number of ether oxygens (including phenoxy) is 1. The van der Waals surface area contributed by atoms with E-state index in [1.807, 2.05) is 36.4 Å². The van der Waals surface area contributed by atoms with Crippen molar-refractivity contribution in [3.63, 3.8) is 0 Å². The largest absolute Gasteiger partial charge is 0.874 e. The Morgan fingerprint density at radius 2 is 1.54 bits per heavy atom. The van der Waals surface area contributed by atoms with Crippen LogP contribution in [0.2, 0.25) is 0 Å². The lowest BCUT2D eigenvalue weighted by Crippen LogP contribution is -3.13. The number of ketones is 1. The number of carbonyl (C=O) groups excluding carboxylic acids is 1. The monoisotopic (exact) mass is 472 g/mol. The number of hydrogen-bond acceptors (Lipinski definition) is 4. The van der Waals surface area contributed by atoms with Crippen molar-refractivity contribution in [1.29, 1.82) is 0 Å². The van der Waals surface area contributed by atoms with Gasteiger partial charge in [-0.15, -0.1) is 5.76 Å². The lowest BCUT2D eigenvalue weighted by molar-refractivity contribution is -0.924. The van der Waals surface area contributed by atoms with Gasteiger partial charge in [-0.1, -0.05) is 24.3 Å². The second-order valence-electron chi connectivity index (χ2n) is 9.21. The first-order chi connectivity index (χ1) is 17.0. The minimum absolute atomic E-state index is 0.0405. The fraction of sp³-hybridized carbons (Fsp3) is 0.367. The van der Waals surface area contributed by atoms with Crippen LogP contribution in [0.5, 0.6) is 5.75 Å². The predicted molar refractivity (Wildman–Crippen MR) is 139 cm³/mol. The van der Waals surface area contributed by atoms with E-state index < -0.39 is 5.92 Å². The maximum Gasteiger partial charge on any atom is 0.169 e. The molecule has 5 nitrogen and oxygen atoms in total. The first kappa shape index (κ1) is 24.8. The molecule has 0 fully saturated rings. The van der Waals surface area contributed by atoms with Crippen molar-refractivity contribution >= 4 is 17.0 Å². The molecule has 2 aliphatic carbocycles. The SMILES string of the molecule is CCN(CC)c1ccc(C2=C([O-])C(C3C=CC([NH+](CC)Cc4ccc(OC)cc4)C=C3)C2=O)cc1. The first-order valence-electron chi connectivity index (χ1n) is 12.7. The number of nitrogens with one attached hydrogen (secondary N) is 1. The van der Waals surface area contributed by atoms with Gasteiger partial charge < -0.3 is 19.6 Å². The van der Waals surface area contributed by atoms with E-state index in [4.69, 9.17) is 4.74 Å². The second kappa shape index (κ2) is 11.0. The highest BCUT2D eigenvalue weighted by Gasteiger charge is 2.38. The average molecular weight is 473 g/mol. The van der Waals surface area contributed by atoms with Gasteiger partial charge in [-0.3, -0.25) is 4.79 Å². The molecule has 184 valence electrons. The Kier molecular flexibility index (Phi) is 7.76. The fourth-order valence-corrected chi connectivity index (χ4v) is 5.14. The van der Waals surface area contributed by atoms with Crippen molar-refractivity contribution < 1.29 is 19.5 Å². The van der Waals surface area contributed by atoms with Gasteiger partial charge in [-0.2, -0.15) is 0 Å². The number of nitrogens with zero attached hydrogens (tertiary/aromatic N) is 1. The number of carbonyl (C=O) groups is 1. The van der Waals surface area contributed by atoms with E-state index in [0.29, 0.717) is 5.57 Å². The molecule has 0 aromatic heterocycles. The molecule has 0 spiro atoms. The lowest BCUT2D eigenvalue weighted by Gasteiger charge is -2.40. The third-order valence-corrected chi connectivity index (χ3v) is 7.32. The molecular weight excluding hydrogens is 436 g/mol. The van der Waals surface area contributed by atoms with E-state index in [0.717, 1.165) is 43.2 Å². The fourth-order valence-electron chi connectivity index (χ4n) is 5.14. The number of benzene rings is 2. The van der Waals surface area contributed by atoms with E-state index in [2.05, 4.69) is 62.1 Å². The highest BCUT2D eigenvalue weighted by molar-refractivity contribution is 6.29. The predicted octanol–water partition coefficient (Wildman–Crippen LogP) is 3.03. The molecule has 0 amide bonds. The molecule has 5 heteroatoms. The number of hydrogen-bond donors (Lipinski definition) is 1. The zero-order chi connectivity index (χ0) is 24.9. The zero-order valence-corrected chi connectivity index (χ0v) is 21.2. The summed E-state index contributed by atoms with van der Waals surface area (Å²) in [5, 5.41) is 13.0. The number of likely N-dealkylation sites (N-methyl/N-ethyl adjacent to an activating group) is 1. The number of quaternary nitrogens is 1. The Balaban J connectivity index is 1.42. The van der Waals surface area contributed by atoms with Crippen molar-refractivity contribution in [2.24, 2.45) is 11.8 Å². The summed E-state index contributed by atoms with van der Waals surface area (Å²) in [5.74, 6) is 0.0251. The summed E-state index contributed by atoms with van der Waals surface area (Å²) in [5.41, 5.74) is 3.44. The van der Waals surface area contributed by atoms with Gasteiger partial charge in [0.15, 0.2) is 5.78 Å². The van der Waals surface area contributed by atoms with E-state index >= 15 is 0 Å². The molecular formula is C30H36N2O3. The number of rotatable bonds is 10. The van der Waals surface area contributed by atoms with Gasteiger partial charge >= 0.3 is 0 Å². The Bertz CT molecular complexity index is 1100. The molecule has 0 saturated carbocycles. The van der Waals surface area contributed by atoms with E-state index in [9.17, 15) is 9.90 Å². The summed E-state index contributed by atoms with van der Waals surface area (Å²) in [4.78, 5) is 16.7. The van der Waals surface area contributed by atoms with Crippen LogP contribution >= 0.6 is 0 Å².